The van der Waals surface area contributed by atoms with Crippen molar-refractivity contribution in [2.24, 2.45) is 0 Å². The minimum atomic E-state index is -3.87. The van der Waals surface area contributed by atoms with Crippen molar-refractivity contribution in [2.75, 3.05) is 25.1 Å². The third-order valence-corrected chi connectivity index (χ3v) is 5.99. The van der Waals surface area contributed by atoms with Gasteiger partial charge in [0.05, 0.1) is 18.6 Å². The molecule has 2 aromatic carbocycles. The van der Waals surface area contributed by atoms with Crippen LogP contribution in [-0.2, 0) is 14.8 Å². The monoisotopic (exact) mass is 402 g/mol. The highest BCUT2D eigenvalue weighted by Crippen LogP contribution is 2.21. The van der Waals surface area contributed by atoms with E-state index in [0.717, 1.165) is 9.99 Å². The Kier molecular flexibility index (Phi) is 7.37. The maximum Gasteiger partial charge on any atom is 0.243 e. The quantitative estimate of drug-likeness (QED) is 0.604. The summed E-state index contributed by atoms with van der Waals surface area (Å²) in [6.45, 7) is 7.15. The molecular formula is C21H26N2O4S. The molecule has 28 heavy (non-hydrogen) atoms. The molecule has 0 saturated carbocycles. The van der Waals surface area contributed by atoms with E-state index in [9.17, 15) is 13.2 Å². The van der Waals surface area contributed by atoms with Crippen LogP contribution in [0.4, 0.5) is 5.69 Å². The first kappa shape index (κ1) is 21.7. The lowest BCUT2D eigenvalue weighted by Crippen LogP contribution is -2.45. The zero-order valence-corrected chi connectivity index (χ0v) is 17.2. The number of anilines is 1. The summed E-state index contributed by atoms with van der Waals surface area (Å²) in [6.07, 6.45) is 1.47. The number of sulfonamides is 1. The molecule has 0 heterocycles. The maximum absolute atomic E-state index is 13.1. The number of para-hydroxylation sites is 1. The number of benzene rings is 2. The number of rotatable bonds is 9. The SMILES string of the molecule is C=CCN(CC(=O)N(c1ccccc1)C(C)C)S(=O)(=O)c1ccc(OC)cc1. The number of methoxy groups -OCH3 is 1. The summed E-state index contributed by atoms with van der Waals surface area (Å²) in [5, 5.41) is 0. The smallest absolute Gasteiger partial charge is 0.243 e. The highest BCUT2D eigenvalue weighted by atomic mass is 32.2. The van der Waals surface area contributed by atoms with Crippen LogP contribution in [0.5, 0.6) is 5.75 Å². The van der Waals surface area contributed by atoms with Crippen LogP contribution in [-0.4, -0.2) is 44.9 Å². The zero-order chi connectivity index (χ0) is 20.7. The van der Waals surface area contributed by atoms with E-state index >= 15 is 0 Å². The molecule has 0 N–H and O–H groups in total. The molecule has 150 valence electrons. The van der Waals surface area contributed by atoms with Gasteiger partial charge in [-0.15, -0.1) is 6.58 Å². The van der Waals surface area contributed by atoms with E-state index in [1.165, 1.54) is 25.3 Å². The standard InChI is InChI=1S/C21H26N2O4S/c1-5-15-22(28(25,26)20-13-11-19(27-4)12-14-20)16-21(24)23(17(2)3)18-9-7-6-8-10-18/h5-14,17H,1,15-16H2,2-4H3. The minimum absolute atomic E-state index is 0.0286. The second-order valence-corrected chi connectivity index (χ2v) is 8.39. The van der Waals surface area contributed by atoms with Gasteiger partial charge in [0.1, 0.15) is 5.75 Å². The van der Waals surface area contributed by atoms with Gasteiger partial charge in [-0.2, -0.15) is 4.31 Å². The average Bonchev–Trinajstić information content (AvgIpc) is 2.68. The fourth-order valence-corrected chi connectivity index (χ4v) is 4.19. The van der Waals surface area contributed by atoms with E-state index in [0.29, 0.717) is 5.75 Å². The van der Waals surface area contributed by atoms with Crippen molar-refractivity contribution < 1.29 is 17.9 Å². The summed E-state index contributed by atoms with van der Waals surface area (Å²) in [7, 11) is -2.36. The molecule has 2 rings (SSSR count). The largest absolute Gasteiger partial charge is 0.497 e. The lowest BCUT2D eigenvalue weighted by Gasteiger charge is -2.29. The predicted octanol–water partition coefficient (Wildman–Crippen LogP) is 3.31. The van der Waals surface area contributed by atoms with E-state index in [4.69, 9.17) is 4.74 Å². The number of hydrogen-bond donors (Lipinski definition) is 0. The molecule has 0 unspecified atom stereocenters. The van der Waals surface area contributed by atoms with Gasteiger partial charge in [0.25, 0.3) is 0 Å². The fraction of sp³-hybridized carbons (Fsp3) is 0.286. The molecule has 0 atom stereocenters. The first-order valence-corrected chi connectivity index (χ1v) is 10.4. The summed E-state index contributed by atoms with van der Waals surface area (Å²) in [5.41, 5.74) is 0.725. The van der Waals surface area contributed by atoms with Crippen LogP contribution >= 0.6 is 0 Å². The third kappa shape index (κ3) is 4.99. The molecule has 0 aromatic heterocycles. The summed E-state index contributed by atoms with van der Waals surface area (Å²) in [6, 6.07) is 15.2. The second kappa shape index (κ2) is 9.52. The average molecular weight is 403 g/mol. The van der Waals surface area contributed by atoms with Gasteiger partial charge in [-0.3, -0.25) is 4.79 Å². The first-order valence-electron chi connectivity index (χ1n) is 8.93. The molecule has 0 saturated heterocycles. The maximum atomic E-state index is 13.1. The van der Waals surface area contributed by atoms with E-state index in [1.54, 1.807) is 17.0 Å². The Morgan fingerprint density at radius 2 is 1.71 bits per heavy atom. The van der Waals surface area contributed by atoms with Crippen LogP contribution in [0.25, 0.3) is 0 Å². The minimum Gasteiger partial charge on any atom is -0.497 e. The first-order chi connectivity index (χ1) is 13.3. The Balaban J connectivity index is 2.31. The van der Waals surface area contributed by atoms with Crippen LogP contribution in [0.3, 0.4) is 0 Å². The van der Waals surface area contributed by atoms with Gasteiger partial charge in [0, 0.05) is 18.3 Å². The van der Waals surface area contributed by atoms with E-state index in [2.05, 4.69) is 6.58 Å². The second-order valence-electron chi connectivity index (χ2n) is 6.45. The van der Waals surface area contributed by atoms with Crippen molar-refractivity contribution in [3.63, 3.8) is 0 Å². The lowest BCUT2D eigenvalue weighted by molar-refractivity contribution is -0.119. The van der Waals surface area contributed by atoms with E-state index in [1.807, 2.05) is 44.2 Å². The lowest BCUT2D eigenvalue weighted by atomic mass is 10.2. The predicted molar refractivity (Wildman–Crippen MR) is 111 cm³/mol. The van der Waals surface area contributed by atoms with E-state index in [-0.39, 0.29) is 29.9 Å². The zero-order valence-electron chi connectivity index (χ0n) is 16.4. The van der Waals surface area contributed by atoms with Crippen molar-refractivity contribution in [3.8, 4) is 5.75 Å². The number of nitrogens with zero attached hydrogens (tertiary/aromatic N) is 2. The summed E-state index contributed by atoms with van der Waals surface area (Å²) >= 11 is 0. The van der Waals surface area contributed by atoms with Crippen LogP contribution in [0.1, 0.15) is 13.8 Å². The van der Waals surface area contributed by atoms with Gasteiger partial charge in [0.2, 0.25) is 15.9 Å². The summed E-state index contributed by atoms with van der Waals surface area (Å²) < 4.78 is 32.3. The van der Waals surface area contributed by atoms with Crippen LogP contribution in [0.15, 0.2) is 72.1 Å². The van der Waals surface area contributed by atoms with Crippen molar-refractivity contribution in [2.45, 2.75) is 24.8 Å². The molecule has 0 spiro atoms. The number of ether oxygens (including phenoxy) is 1. The molecule has 0 aliphatic rings. The highest BCUT2D eigenvalue weighted by Gasteiger charge is 2.29. The molecule has 7 heteroatoms. The Hall–Kier alpha value is -2.64. The fourth-order valence-electron chi connectivity index (χ4n) is 2.83. The molecule has 0 aliphatic carbocycles. The van der Waals surface area contributed by atoms with Crippen molar-refractivity contribution in [1.29, 1.82) is 0 Å². The topological polar surface area (TPSA) is 66.9 Å². The van der Waals surface area contributed by atoms with Crippen molar-refractivity contribution in [3.05, 3.63) is 67.3 Å². The van der Waals surface area contributed by atoms with Gasteiger partial charge in [-0.05, 0) is 50.2 Å². The number of hydrogen-bond acceptors (Lipinski definition) is 4. The van der Waals surface area contributed by atoms with Gasteiger partial charge in [-0.25, -0.2) is 8.42 Å². The molecular weight excluding hydrogens is 376 g/mol. The molecule has 6 nitrogen and oxygen atoms in total. The Bertz CT molecular complexity index is 894. The molecule has 1 amide bonds. The summed E-state index contributed by atoms with van der Waals surface area (Å²) in [4.78, 5) is 14.7. The normalized spacial score (nSPS) is 11.5. The van der Waals surface area contributed by atoms with Gasteiger partial charge in [0.15, 0.2) is 0 Å². The van der Waals surface area contributed by atoms with Crippen molar-refractivity contribution >= 4 is 21.6 Å². The number of carbonyl (C=O) groups excluding carboxylic acids is 1. The number of amides is 1. The van der Waals surface area contributed by atoms with Crippen LogP contribution in [0.2, 0.25) is 0 Å². The molecule has 2 aromatic rings. The summed E-state index contributed by atoms with van der Waals surface area (Å²) in [5.74, 6) is 0.250. The highest BCUT2D eigenvalue weighted by molar-refractivity contribution is 7.89. The van der Waals surface area contributed by atoms with Crippen molar-refractivity contribution in [1.82, 2.24) is 4.31 Å². The molecule has 0 bridgehead atoms. The Morgan fingerprint density at radius 3 is 2.21 bits per heavy atom. The Labute approximate surface area is 167 Å². The van der Waals surface area contributed by atoms with Crippen LogP contribution < -0.4 is 9.64 Å². The molecule has 0 radical (unpaired) electrons. The van der Waals surface area contributed by atoms with Gasteiger partial charge in [-0.1, -0.05) is 24.3 Å². The van der Waals surface area contributed by atoms with E-state index < -0.39 is 10.0 Å². The van der Waals surface area contributed by atoms with Gasteiger partial charge >= 0.3 is 0 Å². The molecule has 0 aliphatic heterocycles. The Morgan fingerprint density at radius 1 is 1.11 bits per heavy atom. The third-order valence-electron chi connectivity index (χ3n) is 4.16. The van der Waals surface area contributed by atoms with Gasteiger partial charge < -0.3 is 9.64 Å². The number of carbonyl (C=O) groups is 1. The molecule has 0 fully saturated rings. The van der Waals surface area contributed by atoms with Crippen LogP contribution in [0, 0.1) is 0 Å².